The third-order valence-corrected chi connectivity index (χ3v) is 2.54. The first-order valence-electron chi connectivity index (χ1n) is 5.44. The van der Waals surface area contributed by atoms with Crippen molar-refractivity contribution in [2.45, 2.75) is 0 Å². The van der Waals surface area contributed by atoms with Gasteiger partial charge in [0.25, 0.3) is 5.56 Å². The molecule has 0 aliphatic heterocycles. The van der Waals surface area contributed by atoms with Gasteiger partial charge in [0.05, 0.1) is 23.0 Å². The summed E-state index contributed by atoms with van der Waals surface area (Å²) in [6, 6.07) is 8.63. The molecule has 0 saturated carbocycles. The number of anilines is 2. The fourth-order valence-corrected chi connectivity index (χ4v) is 1.67. The molecule has 1 aromatic carbocycles. The Kier molecular flexibility index (Phi) is 3.31. The van der Waals surface area contributed by atoms with Gasteiger partial charge in [-0.15, -0.1) is 0 Å². The first-order valence-corrected chi connectivity index (χ1v) is 5.44. The average molecular weight is 254 g/mol. The Morgan fingerprint density at radius 1 is 1.32 bits per heavy atom. The molecule has 0 bridgehead atoms. The molecule has 1 heterocycles. The second-order valence-corrected chi connectivity index (χ2v) is 3.84. The van der Waals surface area contributed by atoms with Crippen molar-refractivity contribution >= 4 is 22.5 Å². The van der Waals surface area contributed by atoms with Gasteiger partial charge in [-0.1, -0.05) is 0 Å². The molecule has 19 heavy (non-hydrogen) atoms. The Balaban J connectivity index is 2.57. The van der Waals surface area contributed by atoms with Crippen LogP contribution >= 0.6 is 0 Å². The highest BCUT2D eigenvalue weighted by molar-refractivity contribution is 5.81. The molecule has 2 aromatic rings. The highest BCUT2D eigenvalue weighted by Crippen LogP contribution is 2.14. The Labute approximate surface area is 108 Å². The zero-order valence-electron chi connectivity index (χ0n) is 9.92. The molecule has 7 heteroatoms. The molecule has 7 nitrogen and oxygen atoms in total. The lowest BCUT2D eigenvalue weighted by atomic mass is 10.2. The standard InChI is InChI=1S/C12H10N6O/c13-3-5-18(6-4-14)12-16-10-2-1-8(15)7-9(10)11(19)17-12/h1-2,7H,5-6,15H2,(H,16,17,19). The van der Waals surface area contributed by atoms with E-state index in [1.165, 1.54) is 11.0 Å². The lowest BCUT2D eigenvalue weighted by molar-refractivity contribution is 0.900. The molecule has 0 aliphatic carbocycles. The van der Waals surface area contributed by atoms with Gasteiger partial charge in [-0.05, 0) is 18.2 Å². The Hall–Kier alpha value is -3.06. The van der Waals surface area contributed by atoms with Crippen molar-refractivity contribution < 1.29 is 0 Å². The number of fused-ring (bicyclic) bond motifs is 1. The van der Waals surface area contributed by atoms with E-state index < -0.39 is 0 Å². The van der Waals surface area contributed by atoms with E-state index in [1.807, 2.05) is 12.1 Å². The number of nitrogen functional groups attached to an aromatic ring is 1. The maximum Gasteiger partial charge on any atom is 0.260 e. The number of hydrogen-bond acceptors (Lipinski definition) is 6. The van der Waals surface area contributed by atoms with Crippen LogP contribution in [-0.4, -0.2) is 23.1 Å². The van der Waals surface area contributed by atoms with E-state index in [4.69, 9.17) is 16.3 Å². The lowest BCUT2D eigenvalue weighted by Gasteiger charge is -2.16. The van der Waals surface area contributed by atoms with Gasteiger partial charge in [-0.2, -0.15) is 10.5 Å². The van der Waals surface area contributed by atoms with E-state index in [0.717, 1.165) is 0 Å². The van der Waals surface area contributed by atoms with Gasteiger partial charge in [0.1, 0.15) is 13.1 Å². The van der Waals surface area contributed by atoms with Crippen molar-refractivity contribution in [2.24, 2.45) is 0 Å². The van der Waals surface area contributed by atoms with Gasteiger partial charge >= 0.3 is 0 Å². The fraction of sp³-hybridized carbons (Fsp3) is 0.167. The summed E-state index contributed by atoms with van der Waals surface area (Å²) in [5.74, 6) is 0.199. The third-order valence-electron chi connectivity index (χ3n) is 2.54. The van der Waals surface area contributed by atoms with E-state index in [9.17, 15) is 4.79 Å². The van der Waals surface area contributed by atoms with Crippen molar-refractivity contribution in [3.8, 4) is 12.1 Å². The van der Waals surface area contributed by atoms with Crippen molar-refractivity contribution in [3.63, 3.8) is 0 Å². The largest absolute Gasteiger partial charge is 0.399 e. The fourth-order valence-electron chi connectivity index (χ4n) is 1.67. The Morgan fingerprint density at radius 2 is 2.00 bits per heavy atom. The van der Waals surface area contributed by atoms with Gasteiger partial charge in [0.2, 0.25) is 5.95 Å². The average Bonchev–Trinajstić information content (AvgIpc) is 2.39. The van der Waals surface area contributed by atoms with Gasteiger partial charge in [0, 0.05) is 5.69 Å². The van der Waals surface area contributed by atoms with E-state index >= 15 is 0 Å². The minimum absolute atomic E-state index is 0.0308. The van der Waals surface area contributed by atoms with Crippen molar-refractivity contribution in [1.82, 2.24) is 9.97 Å². The molecule has 3 N–H and O–H groups in total. The summed E-state index contributed by atoms with van der Waals surface area (Å²) in [4.78, 5) is 20.1. The first kappa shape index (κ1) is 12.4. The second kappa shape index (κ2) is 5.07. The van der Waals surface area contributed by atoms with Gasteiger partial charge in [0.15, 0.2) is 0 Å². The number of nitrogens with zero attached hydrogens (tertiary/aromatic N) is 4. The Morgan fingerprint density at radius 3 is 2.63 bits per heavy atom. The van der Waals surface area contributed by atoms with Crippen LogP contribution in [0.4, 0.5) is 11.6 Å². The predicted molar refractivity (Wildman–Crippen MR) is 70.2 cm³/mol. The predicted octanol–water partition coefficient (Wildman–Crippen LogP) is 0.359. The summed E-state index contributed by atoms with van der Waals surface area (Å²) in [6.45, 7) is -0.0615. The van der Waals surface area contributed by atoms with Gasteiger partial charge in [-0.3, -0.25) is 9.78 Å². The number of nitrogens with two attached hydrogens (primary N) is 1. The minimum atomic E-state index is -0.354. The third kappa shape index (κ3) is 2.45. The molecule has 0 aliphatic rings. The van der Waals surface area contributed by atoms with Gasteiger partial charge in [-0.25, -0.2) is 4.98 Å². The first-order chi connectivity index (χ1) is 9.15. The van der Waals surface area contributed by atoms with Crippen LogP contribution in [0.3, 0.4) is 0 Å². The maximum atomic E-state index is 11.9. The number of H-pyrrole nitrogens is 1. The van der Waals surface area contributed by atoms with Gasteiger partial charge < -0.3 is 10.6 Å². The van der Waals surface area contributed by atoms with Crippen molar-refractivity contribution in [2.75, 3.05) is 23.7 Å². The molecule has 0 saturated heterocycles. The highest BCUT2D eigenvalue weighted by Gasteiger charge is 2.11. The second-order valence-electron chi connectivity index (χ2n) is 3.84. The maximum absolute atomic E-state index is 11.9. The number of hydrogen-bond donors (Lipinski definition) is 2. The lowest BCUT2D eigenvalue weighted by Crippen LogP contribution is -2.28. The van der Waals surface area contributed by atoms with Crippen LogP contribution in [0.25, 0.3) is 10.9 Å². The monoisotopic (exact) mass is 254 g/mol. The molecule has 0 unspecified atom stereocenters. The summed E-state index contributed by atoms with van der Waals surface area (Å²) >= 11 is 0. The number of rotatable bonds is 3. The molecule has 0 radical (unpaired) electrons. The SMILES string of the molecule is N#CCN(CC#N)c1nc2ccc(N)cc2c(=O)[nH]1. The van der Waals surface area contributed by atoms with Crippen molar-refractivity contribution in [3.05, 3.63) is 28.6 Å². The summed E-state index contributed by atoms with van der Waals surface area (Å²) in [5.41, 5.74) is 6.19. The normalized spacial score (nSPS) is 9.79. The van der Waals surface area contributed by atoms with Crippen LogP contribution in [0.2, 0.25) is 0 Å². The Bertz CT molecular complexity index is 735. The molecule has 0 amide bonds. The van der Waals surface area contributed by atoms with Crippen LogP contribution in [0.15, 0.2) is 23.0 Å². The summed E-state index contributed by atoms with van der Waals surface area (Å²) in [5, 5.41) is 17.8. The number of benzene rings is 1. The van der Waals surface area contributed by atoms with Crippen molar-refractivity contribution in [1.29, 1.82) is 10.5 Å². The molecular formula is C12H10N6O. The van der Waals surface area contributed by atoms with Crippen LogP contribution in [0.5, 0.6) is 0 Å². The van der Waals surface area contributed by atoms with E-state index in [1.54, 1.807) is 12.1 Å². The molecule has 0 spiro atoms. The molecule has 0 atom stereocenters. The number of aromatic nitrogens is 2. The molecule has 2 rings (SSSR count). The molecule has 1 aromatic heterocycles. The summed E-state index contributed by atoms with van der Waals surface area (Å²) in [7, 11) is 0. The zero-order chi connectivity index (χ0) is 13.8. The summed E-state index contributed by atoms with van der Waals surface area (Å²) < 4.78 is 0. The zero-order valence-corrected chi connectivity index (χ0v) is 9.92. The van der Waals surface area contributed by atoms with E-state index in [0.29, 0.717) is 16.6 Å². The molecule has 94 valence electrons. The number of aromatic amines is 1. The van der Waals surface area contributed by atoms with Crippen LogP contribution in [-0.2, 0) is 0 Å². The van der Waals surface area contributed by atoms with E-state index in [2.05, 4.69) is 9.97 Å². The van der Waals surface area contributed by atoms with Crippen LogP contribution in [0, 0.1) is 22.7 Å². The molecule has 0 fully saturated rings. The van der Waals surface area contributed by atoms with Crippen LogP contribution < -0.4 is 16.2 Å². The van der Waals surface area contributed by atoms with E-state index in [-0.39, 0.29) is 24.6 Å². The summed E-state index contributed by atoms with van der Waals surface area (Å²) in [6.07, 6.45) is 0. The quantitative estimate of drug-likeness (QED) is 0.602. The number of nitrogens with one attached hydrogen (secondary N) is 1. The molecular weight excluding hydrogens is 244 g/mol. The smallest absolute Gasteiger partial charge is 0.260 e. The highest BCUT2D eigenvalue weighted by atomic mass is 16.1. The number of nitriles is 2. The minimum Gasteiger partial charge on any atom is -0.399 e. The van der Waals surface area contributed by atoms with Crippen LogP contribution in [0.1, 0.15) is 0 Å². The topological polar surface area (TPSA) is 123 Å².